The molecule has 0 aromatic rings. The fourth-order valence-electron chi connectivity index (χ4n) is 2.43. The van der Waals surface area contributed by atoms with Crippen LogP contribution in [0.3, 0.4) is 0 Å². The number of nitrogens with zero attached hydrogens (tertiary/aromatic N) is 1. The fraction of sp³-hybridized carbons (Fsp3) is 0.917. The summed E-state index contributed by atoms with van der Waals surface area (Å²) in [4.78, 5) is 4.43. The molecule has 2 rings (SSSR count). The molecule has 1 aliphatic heterocycles. The molecule has 1 saturated carbocycles. The Kier molecular flexibility index (Phi) is 4.04. The minimum absolute atomic E-state index is 0.470. The molecule has 0 aromatic carbocycles. The first kappa shape index (κ1) is 11.7. The van der Waals surface area contributed by atoms with Gasteiger partial charge >= 0.3 is 0 Å². The molecule has 1 aliphatic carbocycles. The predicted octanol–water partition coefficient (Wildman–Crippen LogP) is 1.13. The quantitative estimate of drug-likeness (QED) is 0.737. The van der Waals surface area contributed by atoms with E-state index in [1.807, 2.05) is 0 Å². The Hall–Kier alpha value is -0.770. The highest BCUT2D eigenvalue weighted by Crippen LogP contribution is 2.43. The molecule has 4 heteroatoms. The van der Waals surface area contributed by atoms with Gasteiger partial charge < -0.3 is 15.4 Å². The van der Waals surface area contributed by atoms with Crippen LogP contribution in [0.2, 0.25) is 0 Å². The van der Waals surface area contributed by atoms with Gasteiger partial charge in [-0.25, -0.2) is 0 Å². The first-order valence-corrected chi connectivity index (χ1v) is 6.36. The molecule has 4 nitrogen and oxygen atoms in total. The Bertz CT molecular complexity index is 249. The van der Waals surface area contributed by atoms with Crippen LogP contribution in [0.25, 0.3) is 0 Å². The molecule has 2 N–H and O–H groups in total. The summed E-state index contributed by atoms with van der Waals surface area (Å²) in [5, 5.41) is 6.76. The molecule has 0 aromatic heterocycles. The molecule has 0 unspecified atom stereocenters. The number of hydrogen-bond acceptors (Lipinski definition) is 4. The SMILES string of the molecule is COCCC1(CNC2=NCCCN2)CCC1. The number of nitrogens with one attached hydrogen (secondary N) is 2. The highest BCUT2D eigenvalue weighted by molar-refractivity contribution is 5.80. The second-order valence-corrected chi connectivity index (χ2v) is 4.96. The molecule has 0 radical (unpaired) electrons. The van der Waals surface area contributed by atoms with Crippen molar-refractivity contribution in [3.05, 3.63) is 0 Å². The average molecular weight is 225 g/mol. The van der Waals surface area contributed by atoms with E-state index in [0.717, 1.165) is 38.6 Å². The summed E-state index contributed by atoms with van der Waals surface area (Å²) >= 11 is 0. The van der Waals surface area contributed by atoms with Crippen LogP contribution < -0.4 is 10.6 Å². The lowest BCUT2D eigenvalue weighted by atomic mass is 9.67. The maximum absolute atomic E-state index is 5.19. The van der Waals surface area contributed by atoms with Crippen molar-refractivity contribution in [2.75, 3.05) is 33.4 Å². The van der Waals surface area contributed by atoms with E-state index in [1.54, 1.807) is 7.11 Å². The van der Waals surface area contributed by atoms with Crippen molar-refractivity contribution in [1.29, 1.82) is 0 Å². The maximum Gasteiger partial charge on any atom is 0.191 e. The lowest BCUT2D eigenvalue weighted by Crippen LogP contribution is -2.48. The molecule has 0 amide bonds. The third-order valence-corrected chi connectivity index (χ3v) is 3.78. The van der Waals surface area contributed by atoms with E-state index in [2.05, 4.69) is 15.6 Å². The van der Waals surface area contributed by atoms with Gasteiger partial charge in [0.2, 0.25) is 0 Å². The van der Waals surface area contributed by atoms with E-state index in [4.69, 9.17) is 4.74 Å². The summed E-state index contributed by atoms with van der Waals surface area (Å²) < 4.78 is 5.19. The lowest BCUT2D eigenvalue weighted by Gasteiger charge is -2.42. The zero-order chi connectivity index (χ0) is 11.3. The summed E-state index contributed by atoms with van der Waals surface area (Å²) in [6.45, 7) is 3.93. The average Bonchev–Trinajstić information content (AvgIpc) is 2.29. The molecule has 1 heterocycles. The molecule has 0 spiro atoms. The number of guanidine groups is 1. The van der Waals surface area contributed by atoms with Crippen LogP contribution in [-0.4, -0.2) is 39.3 Å². The van der Waals surface area contributed by atoms with Crippen LogP contribution >= 0.6 is 0 Å². The Morgan fingerprint density at radius 1 is 1.44 bits per heavy atom. The Labute approximate surface area is 97.9 Å². The summed E-state index contributed by atoms with van der Waals surface area (Å²) in [5.74, 6) is 0.995. The van der Waals surface area contributed by atoms with Crippen molar-refractivity contribution in [3.63, 3.8) is 0 Å². The zero-order valence-electron chi connectivity index (χ0n) is 10.2. The van der Waals surface area contributed by atoms with E-state index in [-0.39, 0.29) is 0 Å². The first-order valence-electron chi connectivity index (χ1n) is 6.36. The third kappa shape index (κ3) is 2.88. The number of aliphatic imine (C=N–C) groups is 1. The topological polar surface area (TPSA) is 45.6 Å². The highest BCUT2D eigenvalue weighted by atomic mass is 16.5. The zero-order valence-corrected chi connectivity index (χ0v) is 10.2. The summed E-state index contributed by atoms with van der Waals surface area (Å²) in [7, 11) is 1.78. The number of ether oxygens (including phenoxy) is 1. The Balaban J connectivity index is 1.75. The van der Waals surface area contributed by atoms with Gasteiger partial charge in [-0.3, -0.25) is 4.99 Å². The van der Waals surface area contributed by atoms with Crippen LogP contribution in [0.4, 0.5) is 0 Å². The van der Waals surface area contributed by atoms with E-state index in [0.29, 0.717) is 5.41 Å². The van der Waals surface area contributed by atoms with E-state index >= 15 is 0 Å². The minimum atomic E-state index is 0.470. The number of hydrogen-bond donors (Lipinski definition) is 2. The second kappa shape index (κ2) is 5.53. The van der Waals surface area contributed by atoms with Crippen molar-refractivity contribution in [2.24, 2.45) is 10.4 Å². The Morgan fingerprint density at radius 2 is 2.31 bits per heavy atom. The molecule has 1 fully saturated rings. The van der Waals surface area contributed by atoms with Crippen molar-refractivity contribution in [2.45, 2.75) is 32.1 Å². The minimum Gasteiger partial charge on any atom is -0.385 e. The van der Waals surface area contributed by atoms with E-state index < -0.39 is 0 Å². The molecule has 0 atom stereocenters. The van der Waals surface area contributed by atoms with Crippen molar-refractivity contribution >= 4 is 5.96 Å². The van der Waals surface area contributed by atoms with Gasteiger partial charge in [-0.1, -0.05) is 6.42 Å². The van der Waals surface area contributed by atoms with Crippen LogP contribution in [0.5, 0.6) is 0 Å². The van der Waals surface area contributed by atoms with Gasteiger partial charge in [0.1, 0.15) is 0 Å². The normalized spacial score (nSPS) is 22.9. The third-order valence-electron chi connectivity index (χ3n) is 3.78. The van der Waals surface area contributed by atoms with Gasteiger partial charge in [0, 0.05) is 33.4 Å². The lowest BCUT2D eigenvalue weighted by molar-refractivity contribution is 0.0732. The van der Waals surface area contributed by atoms with Crippen LogP contribution in [-0.2, 0) is 4.74 Å². The summed E-state index contributed by atoms with van der Waals surface area (Å²) in [5.41, 5.74) is 0.470. The largest absolute Gasteiger partial charge is 0.385 e. The smallest absolute Gasteiger partial charge is 0.191 e. The van der Waals surface area contributed by atoms with Gasteiger partial charge in [-0.05, 0) is 31.1 Å². The first-order chi connectivity index (χ1) is 7.85. The molecule has 16 heavy (non-hydrogen) atoms. The standard InChI is InChI=1S/C12H23N3O/c1-16-9-6-12(4-2-5-12)10-15-11-13-7-3-8-14-11/h2-10H2,1H3,(H2,13,14,15). The molecule has 0 saturated heterocycles. The summed E-state index contributed by atoms with van der Waals surface area (Å²) in [6, 6.07) is 0. The van der Waals surface area contributed by atoms with Crippen LogP contribution in [0.15, 0.2) is 4.99 Å². The monoisotopic (exact) mass is 225 g/mol. The molecule has 92 valence electrons. The number of methoxy groups -OCH3 is 1. The van der Waals surface area contributed by atoms with Crippen LogP contribution in [0, 0.1) is 5.41 Å². The van der Waals surface area contributed by atoms with Gasteiger partial charge in [0.25, 0.3) is 0 Å². The van der Waals surface area contributed by atoms with Crippen molar-refractivity contribution < 1.29 is 4.74 Å². The van der Waals surface area contributed by atoms with Crippen molar-refractivity contribution in [3.8, 4) is 0 Å². The summed E-state index contributed by atoms with van der Waals surface area (Å²) in [6.07, 6.45) is 6.35. The predicted molar refractivity (Wildman–Crippen MR) is 65.7 cm³/mol. The number of rotatable bonds is 5. The van der Waals surface area contributed by atoms with E-state index in [9.17, 15) is 0 Å². The fourth-order valence-corrected chi connectivity index (χ4v) is 2.43. The molecule has 0 bridgehead atoms. The van der Waals surface area contributed by atoms with E-state index in [1.165, 1.54) is 25.7 Å². The van der Waals surface area contributed by atoms with Gasteiger partial charge in [0.05, 0.1) is 0 Å². The molecular weight excluding hydrogens is 202 g/mol. The Morgan fingerprint density at radius 3 is 2.88 bits per heavy atom. The van der Waals surface area contributed by atoms with Gasteiger partial charge in [0.15, 0.2) is 5.96 Å². The van der Waals surface area contributed by atoms with Crippen LogP contribution in [0.1, 0.15) is 32.1 Å². The molecular formula is C12H23N3O. The second-order valence-electron chi connectivity index (χ2n) is 4.96. The van der Waals surface area contributed by atoms with Gasteiger partial charge in [-0.15, -0.1) is 0 Å². The van der Waals surface area contributed by atoms with Gasteiger partial charge in [-0.2, -0.15) is 0 Å². The molecule has 2 aliphatic rings. The maximum atomic E-state index is 5.19. The van der Waals surface area contributed by atoms with Crippen molar-refractivity contribution in [1.82, 2.24) is 10.6 Å². The highest BCUT2D eigenvalue weighted by Gasteiger charge is 2.36.